The maximum absolute atomic E-state index is 12.1. The first-order chi connectivity index (χ1) is 8.61. The first kappa shape index (κ1) is 13.3. The van der Waals surface area contributed by atoms with E-state index in [1.54, 1.807) is 0 Å². The Morgan fingerprint density at radius 2 is 1.94 bits per heavy atom. The van der Waals surface area contributed by atoms with E-state index in [2.05, 4.69) is 5.32 Å². The van der Waals surface area contributed by atoms with E-state index in [-0.39, 0.29) is 18.4 Å². The Labute approximate surface area is 107 Å². The lowest BCUT2D eigenvalue weighted by atomic mass is 9.79. The van der Waals surface area contributed by atoms with Crippen molar-refractivity contribution in [3.8, 4) is 0 Å². The molecule has 0 aromatic carbocycles. The topological polar surface area (TPSA) is 75.6 Å². The predicted octanol–water partition coefficient (Wildman–Crippen LogP) is 1.46. The molecule has 1 saturated heterocycles. The third-order valence-corrected chi connectivity index (χ3v) is 3.91. The normalized spacial score (nSPS) is 26.8. The van der Waals surface area contributed by atoms with E-state index in [0.29, 0.717) is 6.61 Å². The molecule has 18 heavy (non-hydrogen) atoms. The molecule has 2 aliphatic rings. The van der Waals surface area contributed by atoms with E-state index in [4.69, 9.17) is 9.84 Å². The van der Waals surface area contributed by atoms with Gasteiger partial charge >= 0.3 is 5.97 Å². The Hall–Kier alpha value is -1.10. The van der Waals surface area contributed by atoms with Crippen LogP contribution in [0.15, 0.2) is 0 Å². The number of hydrogen-bond donors (Lipinski definition) is 2. The van der Waals surface area contributed by atoms with Crippen LogP contribution in [0.25, 0.3) is 0 Å². The Balaban J connectivity index is 1.99. The summed E-state index contributed by atoms with van der Waals surface area (Å²) in [7, 11) is 0. The number of nitrogens with one attached hydrogen (secondary N) is 1. The SMILES string of the molecule is O=C(O)CC1(NC(=O)[C@@H]2CCCO2)CCCCC1. The molecule has 1 heterocycles. The molecule has 5 nitrogen and oxygen atoms in total. The van der Waals surface area contributed by atoms with Gasteiger partial charge < -0.3 is 15.2 Å². The van der Waals surface area contributed by atoms with Crippen molar-refractivity contribution in [2.24, 2.45) is 0 Å². The fourth-order valence-electron chi connectivity index (χ4n) is 2.99. The van der Waals surface area contributed by atoms with Gasteiger partial charge in [0.2, 0.25) is 5.91 Å². The lowest BCUT2D eigenvalue weighted by molar-refractivity contribution is -0.140. The Kier molecular flexibility index (Phi) is 4.22. The monoisotopic (exact) mass is 255 g/mol. The second-order valence-electron chi connectivity index (χ2n) is 5.40. The van der Waals surface area contributed by atoms with Crippen molar-refractivity contribution in [3.63, 3.8) is 0 Å². The van der Waals surface area contributed by atoms with E-state index >= 15 is 0 Å². The highest BCUT2D eigenvalue weighted by Gasteiger charge is 2.38. The van der Waals surface area contributed by atoms with Gasteiger partial charge in [0, 0.05) is 6.61 Å². The fraction of sp³-hybridized carbons (Fsp3) is 0.846. The van der Waals surface area contributed by atoms with E-state index in [9.17, 15) is 9.59 Å². The van der Waals surface area contributed by atoms with Gasteiger partial charge in [-0.2, -0.15) is 0 Å². The molecule has 0 spiro atoms. The molecule has 2 fully saturated rings. The zero-order valence-electron chi connectivity index (χ0n) is 10.6. The largest absolute Gasteiger partial charge is 0.481 e. The van der Waals surface area contributed by atoms with Gasteiger partial charge in [0.05, 0.1) is 12.0 Å². The molecule has 1 aliphatic heterocycles. The fourth-order valence-corrected chi connectivity index (χ4v) is 2.99. The van der Waals surface area contributed by atoms with Crippen molar-refractivity contribution in [2.45, 2.75) is 63.0 Å². The molecule has 0 aromatic heterocycles. The zero-order valence-corrected chi connectivity index (χ0v) is 10.6. The minimum absolute atomic E-state index is 0.0193. The number of carboxylic acids is 1. The summed E-state index contributed by atoms with van der Waals surface area (Å²) < 4.78 is 5.35. The van der Waals surface area contributed by atoms with Crippen molar-refractivity contribution in [3.05, 3.63) is 0 Å². The highest BCUT2D eigenvalue weighted by Crippen LogP contribution is 2.31. The molecular formula is C13H21NO4. The van der Waals surface area contributed by atoms with E-state index < -0.39 is 11.5 Å². The summed E-state index contributed by atoms with van der Waals surface area (Å²) >= 11 is 0. The van der Waals surface area contributed by atoms with Gasteiger partial charge in [-0.05, 0) is 25.7 Å². The van der Waals surface area contributed by atoms with Crippen LogP contribution in [0.2, 0.25) is 0 Å². The number of carbonyl (C=O) groups is 2. The second kappa shape index (κ2) is 5.69. The lowest BCUT2D eigenvalue weighted by Gasteiger charge is -2.37. The van der Waals surface area contributed by atoms with Crippen molar-refractivity contribution < 1.29 is 19.4 Å². The molecule has 1 aliphatic carbocycles. The van der Waals surface area contributed by atoms with Crippen molar-refractivity contribution in [2.75, 3.05) is 6.61 Å². The average Bonchev–Trinajstić information content (AvgIpc) is 2.82. The first-order valence-corrected chi connectivity index (χ1v) is 6.77. The molecule has 1 saturated carbocycles. The van der Waals surface area contributed by atoms with Crippen LogP contribution in [0.5, 0.6) is 0 Å². The third kappa shape index (κ3) is 3.22. The molecule has 0 unspecified atom stereocenters. The van der Waals surface area contributed by atoms with Gasteiger partial charge in [-0.15, -0.1) is 0 Å². The van der Waals surface area contributed by atoms with Gasteiger partial charge in [0.15, 0.2) is 0 Å². The summed E-state index contributed by atoms with van der Waals surface area (Å²) in [4.78, 5) is 23.1. The Bertz CT molecular complexity index is 317. The van der Waals surface area contributed by atoms with Crippen molar-refractivity contribution >= 4 is 11.9 Å². The van der Waals surface area contributed by atoms with Crippen molar-refractivity contribution in [1.82, 2.24) is 5.32 Å². The summed E-state index contributed by atoms with van der Waals surface area (Å²) in [5, 5.41) is 12.0. The summed E-state index contributed by atoms with van der Waals surface area (Å²) in [6.45, 7) is 0.629. The molecule has 1 atom stereocenters. The van der Waals surface area contributed by atoms with Crippen LogP contribution in [0.4, 0.5) is 0 Å². The summed E-state index contributed by atoms with van der Waals surface area (Å²) in [6.07, 6.45) is 5.91. The average molecular weight is 255 g/mol. The summed E-state index contributed by atoms with van der Waals surface area (Å²) in [5.41, 5.74) is -0.548. The molecule has 2 rings (SSSR count). The van der Waals surface area contributed by atoms with Gasteiger partial charge in [-0.25, -0.2) is 0 Å². The van der Waals surface area contributed by atoms with Crippen LogP contribution >= 0.6 is 0 Å². The van der Waals surface area contributed by atoms with Gasteiger partial charge in [0.1, 0.15) is 6.10 Å². The number of rotatable bonds is 4. The minimum Gasteiger partial charge on any atom is -0.481 e. The van der Waals surface area contributed by atoms with E-state index in [1.165, 1.54) is 0 Å². The van der Waals surface area contributed by atoms with Crippen LogP contribution in [0.1, 0.15) is 51.4 Å². The molecule has 102 valence electrons. The number of hydrogen-bond acceptors (Lipinski definition) is 3. The number of carboxylic acid groups (broad SMARTS) is 1. The highest BCUT2D eigenvalue weighted by molar-refractivity contribution is 5.82. The van der Waals surface area contributed by atoms with Crippen LogP contribution < -0.4 is 5.32 Å². The van der Waals surface area contributed by atoms with Crippen molar-refractivity contribution in [1.29, 1.82) is 0 Å². The van der Waals surface area contributed by atoms with Crippen LogP contribution in [0.3, 0.4) is 0 Å². The molecule has 5 heteroatoms. The quantitative estimate of drug-likeness (QED) is 0.797. The molecule has 1 amide bonds. The summed E-state index contributed by atoms with van der Waals surface area (Å²) in [5.74, 6) is -0.972. The standard InChI is InChI=1S/C13H21NO4/c15-11(16)9-13(6-2-1-3-7-13)14-12(17)10-5-4-8-18-10/h10H,1-9H2,(H,14,17)(H,15,16)/t10-/m0/s1. The maximum Gasteiger partial charge on any atom is 0.305 e. The zero-order chi connectivity index (χ0) is 13.0. The third-order valence-electron chi connectivity index (χ3n) is 3.91. The maximum atomic E-state index is 12.1. The lowest BCUT2D eigenvalue weighted by Crippen LogP contribution is -2.53. The minimum atomic E-state index is -0.843. The number of amides is 1. The Morgan fingerprint density at radius 1 is 1.22 bits per heavy atom. The van der Waals surface area contributed by atoms with Crippen LogP contribution in [-0.4, -0.2) is 35.2 Å². The first-order valence-electron chi connectivity index (χ1n) is 6.77. The van der Waals surface area contributed by atoms with Gasteiger partial charge in [-0.1, -0.05) is 19.3 Å². The number of aliphatic carboxylic acids is 1. The highest BCUT2D eigenvalue weighted by atomic mass is 16.5. The molecule has 2 N–H and O–H groups in total. The van der Waals surface area contributed by atoms with E-state index in [0.717, 1.165) is 44.9 Å². The number of carbonyl (C=O) groups excluding carboxylic acids is 1. The van der Waals surface area contributed by atoms with E-state index in [1.807, 2.05) is 0 Å². The Morgan fingerprint density at radius 3 is 2.50 bits per heavy atom. The second-order valence-corrected chi connectivity index (χ2v) is 5.40. The molecule has 0 bridgehead atoms. The molecule has 0 aromatic rings. The molecule has 0 radical (unpaired) electrons. The van der Waals surface area contributed by atoms with Crippen LogP contribution in [-0.2, 0) is 14.3 Å². The van der Waals surface area contributed by atoms with Gasteiger partial charge in [0.25, 0.3) is 0 Å². The predicted molar refractivity (Wildman–Crippen MR) is 65.2 cm³/mol. The smallest absolute Gasteiger partial charge is 0.305 e. The number of ether oxygens (including phenoxy) is 1. The summed E-state index contributed by atoms with van der Waals surface area (Å²) in [6, 6.07) is 0. The molecular weight excluding hydrogens is 234 g/mol. The van der Waals surface area contributed by atoms with Gasteiger partial charge in [-0.3, -0.25) is 9.59 Å². The van der Waals surface area contributed by atoms with Crippen LogP contribution in [0, 0.1) is 0 Å².